The summed E-state index contributed by atoms with van der Waals surface area (Å²) in [4.78, 5) is 13.5. The molecule has 1 amide bonds. The Kier molecular flexibility index (Phi) is 5.13. The van der Waals surface area contributed by atoms with E-state index in [2.05, 4.69) is 10.5 Å². The number of benzene rings is 1. The number of ether oxygens (including phenoxy) is 1. The summed E-state index contributed by atoms with van der Waals surface area (Å²) in [5, 5.41) is 4.03. The number of nitrogens with one attached hydrogen (secondary N) is 1. The van der Waals surface area contributed by atoms with E-state index in [0.717, 1.165) is 17.0 Å². The second kappa shape index (κ2) is 6.41. The third-order valence-electron chi connectivity index (χ3n) is 2.52. The fourth-order valence-electron chi connectivity index (χ4n) is 1.50. The molecule has 1 N–H and O–H groups in total. The van der Waals surface area contributed by atoms with E-state index in [0.29, 0.717) is 0 Å². The second-order valence-corrected chi connectivity index (χ2v) is 5.75. The maximum absolute atomic E-state index is 11.5. The molecule has 0 atom stereocenters. The SMILES string of the molecule is C/C(=N/NC(=O)OC(C)(C)C)c1ccc(N(C)C)cc1. The minimum absolute atomic E-state index is 0.527. The summed E-state index contributed by atoms with van der Waals surface area (Å²) < 4.78 is 5.11. The van der Waals surface area contributed by atoms with E-state index >= 15 is 0 Å². The highest BCUT2D eigenvalue weighted by atomic mass is 16.6. The van der Waals surface area contributed by atoms with E-state index in [4.69, 9.17) is 4.74 Å². The summed E-state index contributed by atoms with van der Waals surface area (Å²) in [6.45, 7) is 7.26. The summed E-state index contributed by atoms with van der Waals surface area (Å²) in [6, 6.07) is 7.93. The molecule has 0 saturated heterocycles. The highest BCUT2D eigenvalue weighted by molar-refractivity contribution is 5.99. The Labute approximate surface area is 120 Å². The molecule has 110 valence electrons. The van der Waals surface area contributed by atoms with Crippen molar-refractivity contribution in [1.82, 2.24) is 5.43 Å². The Hall–Kier alpha value is -2.04. The van der Waals surface area contributed by atoms with Crippen LogP contribution in [0, 0.1) is 0 Å². The first-order valence-corrected chi connectivity index (χ1v) is 6.50. The van der Waals surface area contributed by atoms with Gasteiger partial charge in [0.25, 0.3) is 0 Å². The number of rotatable bonds is 3. The quantitative estimate of drug-likeness (QED) is 0.682. The first-order chi connectivity index (χ1) is 9.19. The van der Waals surface area contributed by atoms with Crippen molar-refractivity contribution in [3.8, 4) is 0 Å². The van der Waals surface area contributed by atoms with Gasteiger partial charge in [-0.15, -0.1) is 0 Å². The van der Waals surface area contributed by atoms with Gasteiger partial charge in [0.1, 0.15) is 5.60 Å². The number of nitrogens with zero attached hydrogens (tertiary/aromatic N) is 2. The van der Waals surface area contributed by atoms with Crippen molar-refractivity contribution in [1.29, 1.82) is 0 Å². The zero-order chi connectivity index (χ0) is 15.3. The smallest absolute Gasteiger partial charge is 0.428 e. The van der Waals surface area contributed by atoms with Gasteiger partial charge in [-0.3, -0.25) is 0 Å². The second-order valence-electron chi connectivity index (χ2n) is 5.75. The number of carbonyl (C=O) groups excluding carboxylic acids is 1. The lowest BCUT2D eigenvalue weighted by atomic mass is 10.1. The molecule has 0 bridgehead atoms. The molecule has 0 saturated carbocycles. The van der Waals surface area contributed by atoms with Crippen LogP contribution in [-0.2, 0) is 4.74 Å². The van der Waals surface area contributed by atoms with Gasteiger partial charge < -0.3 is 9.64 Å². The summed E-state index contributed by atoms with van der Waals surface area (Å²) in [5.74, 6) is 0. The summed E-state index contributed by atoms with van der Waals surface area (Å²) in [6.07, 6.45) is -0.554. The topological polar surface area (TPSA) is 53.9 Å². The predicted molar refractivity (Wildman–Crippen MR) is 82.3 cm³/mol. The Morgan fingerprint density at radius 1 is 1.20 bits per heavy atom. The van der Waals surface area contributed by atoms with Crippen LogP contribution < -0.4 is 10.3 Å². The summed E-state index contributed by atoms with van der Waals surface area (Å²) in [5.41, 5.74) is 4.65. The lowest BCUT2D eigenvalue weighted by Gasteiger charge is -2.18. The van der Waals surface area contributed by atoms with Crippen LogP contribution >= 0.6 is 0 Å². The van der Waals surface area contributed by atoms with E-state index in [1.54, 1.807) is 0 Å². The van der Waals surface area contributed by atoms with Crippen molar-refractivity contribution < 1.29 is 9.53 Å². The summed E-state index contributed by atoms with van der Waals surface area (Å²) in [7, 11) is 3.97. The van der Waals surface area contributed by atoms with E-state index in [9.17, 15) is 4.79 Å². The third-order valence-corrected chi connectivity index (χ3v) is 2.52. The minimum atomic E-state index is -0.554. The van der Waals surface area contributed by atoms with Crippen LogP contribution in [0.4, 0.5) is 10.5 Å². The van der Waals surface area contributed by atoms with E-state index in [1.807, 2.05) is 71.0 Å². The van der Waals surface area contributed by atoms with Gasteiger partial charge in [0.2, 0.25) is 0 Å². The standard InChI is InChI=1S/C15H23N3O2/c1-11(16-17-14(19)20-15(2,3)4)12-7-9-13(10-8-12)18(5)6/h7-10H,1-6H3,(H,17,19)/b16-11-. The molecule has 5 heteroatoms. The lowest BCUT2D eigenvalue weighted by Crippen LogP contribution is -2.30. The average Bonchev–Trinajstić information content (AvgIpc) is 2.34. The summed E-state index contributed by atoms with van der Waals surface area (Å²) >= 11 is 0. The van der Waals surface area contributed by atoms with Gasteiger partial charge in [-0.05, 0) is 45.4 Å². The molecule has 0 aliphatic heterocycles. The molecule has 0 unspecified atom stereocenters. The van der Waals surface area contributed by atoms with Crippen LogP contribution in [0.5, 0.6) is 0 Å². The van der Waals surface area contributed by atoms with Gasteiger partial charge in [-0.25, -0.2) is 10.2 Å². The average molecular weight is 277 g/mol. The van der Waals surface area contributed by atoms with Gasteiger partial charge >= 0.3 is 6.09 Å². The van der Waals surface area contributed by atoms with Crippen molar-refractivity contribution in [3.63, 3.8) is 0 Å². The monoisotopic (exact) mass is 277 g/mol. The van der Waals surface area contributed by atoms with E-state index < -0.39 is 11.7 Å². The molecular formula is C15H23N3O2. The predicted octanol–water partition coefficient (Wildman–Crippen LogP) is 3.00. The molecule has 0 spiro atoms. The van der Waals surface area contributed by atoms with Crippen LogP contribution in [0.25, 0.3) is 0 Å². The van der Waals surface area contributed by atoms with Crippen molar-refractivity contribution in [3.05, 3.63) is 29.8 Å². The first kappa shape index (κ1) is 16.0. The van der Waals surface area contributed by atoms with Gasteiger partial charge in [-0.2, -0.15) is 5.10 Å². The van der Waals surface area contributed by atoms with Crippen molar-refractivity contribution in [2.75, 3.05) is 19.0 Å². The van der Waals surface area contributed by atoms with E-state index in [1.165, 1.54) is 0 Å². The number of hydrogen-bond acceptors (Lipinski definition) is 4. The maximum Gasteiger partial charge on any atom is 0.428 e. The molecule has 0 fully saturated rings. The molecule has 1 aromatic rings. The van der Waals surface area contributed by atoms with Crippen molar-refractivity contribution in [2.45, 2.75) is 33.3 Å². The molecule has 20 heavy (non-hydrogen) atoms. The number of hydrazone groups is 1. The third kappa shape index (κ3) is 5.30. The zero-order valence-electron chi connectivity index (χ0n) is 13.0. The van der Waals surface area contributed by atoms with Crippen LogP contribution in [0.3, 0.4) is 0 Å². The Balaban J connectivity index is 2.67. The first-order valence-electron chi connectivity index (χ1n) is 6.50. The van der Waals surface area contributed by atoms with Gasteiger partial charge in [0.15, 0.2) is 0 Å². The Bertz CT molecular complexity index is 485. The molecule has 0 radical (unpaired) electrons. The number of hydrogen-bond donors (Lipinski definition) is 1. The molecule has 1 rings (SSSR count). The molecule has 5 nitrogen and oxygen atoms in total. The largest absolute Gasteiger partial charge is 0.443 e. The normalized spacial score (nSPS) is 12.0. The Morgan fingerprint density at radius 3 is 2.20 bits per heavy atom. The zero-order valence-corrected chi connectivity index (χ0v) is 13.0. The van der Waals surface area contributed by atoms with Crippen LogP contribution in [0.1, 0.15) is 33.3 Å². The highest BCUT2D eigenvalue weighted by Crippen LogP contribution is 2.12. The van der Waals surface area contributed by atoms with Crippen LogP contribution in [0.15, 0.2) is 29.4 Å². The van der Waals surface area contributed by atoms with Crippen LogP contribution in [-0.4, -0.2) is 31.5 Å². The molecule has 1 aromatic carbocycles. The van der Waals surface area contributed by atoms with Crippen LogP contribution in [0.2, 0.25) is 0 Å². The fraction of sp³-hybridized carbons (Fsp3) is 0.467. The molecule has 0 aliphatic rings. The van der Waals surface area contributed by atoms with Gasteiger partial charge in [0.05, 0.1) is 5.71 Å². The van der Waals surface area contributed by atoms with Crippen molar-refractivity contribution >= 4 is 17.5 Å². The Morgan fingerprint density at radius 2 is 1.75 bits per heavy atom. The number of carbonyl (C=O) groups is 1. The fourth-order valence-corrected chi connectivity index (χ4v) is 1.50. The highest BCUT2D eigenvalue weighted by Gasteiger charge is 2.15. The number of anilines is 1. The van der Waals surface area contributed by atoms with Gasteiger partial charge in [0, 0.05) is 19.8 Å². The number of amides is 1. The van der Waals surface area contributed by atoms with Crippen molar-refractivity contribution in [2.24, 2.45) is 5.10 Å². The van der Waals surface area contributed by atoms with E-state index in [-0.39, 0.29) is 0 Å². The molecule has 0 heterocycles. The maximum atomic E-state index is 11.5. The molecule has 0 aliphatic carbocycles. The minimum Gasteiger partial charge on any atom is -0.443 e. The van der Waals surface area contributed by atoms with Gasteiger partial charge in [-0.1, -0.05) is 12.1 Å². The molecular weight excluding hydrogens is 254 g/mol. The molecule has 0 aromatic heterocycles. The lowest BCUT2D eigenvalue weighted by molar-refractivity contribution is 0.0529.